The molecule has 0 saturated heterocycles. The maximum Gasteiger partial charge on any atom is 0.265 e. The Bertz CT molecular complexity index is 1140. The molecule has 3 aromatic rings. The van der Waals surface area contributed by atoms with Crippen LogP contribution in [0.25, 0.3) is 0 Å². The largest absolute Gasteiger partial charge is 0.493 e. The Balaban J connectivity index is 1.55. The van der Waals surface area contributed by atoms with E-state index in [1.807, 2.05) is 19.1 Å². The summed E-state index contributed by atoms with van der Waals surface area (Å²) in [5.41, 5.74) is 1.99. The molecule has 2 amide bonds. The standard InChI is InChI=1S/C25H25ClN2O5/c1-16-11-12-20(26)23(13-16)33-17(2)25(30)28-19-8-6-7-18(14-19)27-24(29)15-32-22-10-5-4-9-21(22)31-3/h4-14,17H,15H2,1-3H3,(H,27,29)(H,28,30). The molecule has 3 aromatic carbocycles. The SMILES string of the molecule is COc1ccccc1OCC(=O)Nc1cccc(NC(=O)C(C)Oc2cc(C)ccc2Cl)c1. The van der Waals surface area contributed by atoms with E-state index >= 15 is 0 Å². The average Bonchev–Trinajstić information content (AvgIpc) is 2.80. The lowest BCUT2D eigenvalue weighted by atomic mass is 10.2. The van der Waals surface area contributed by atoms with Crippen molar-refractivity contribution in [1.82, 2.24) is 0 Å². The molecule has 0 radical (unpaired) electrons. The molecular weight excluding hydrogens is 444 g/mol. The summed E-state index contributed by atoms with van der Waals surface area (Å²) >= 11 is 6.14. The van der Waals surface area contributed by atoms with Crippen LogP contribution in [0.3, 0.4) is 0 Å². The van der Waals surface area contributed by atoms with Crippen LogP contribution in [0.15, 0.2) is 66.7 Å². The van der Waals surface area contributed by atoms with Gasteiger partial charge >= 0.3 is 0 Å². The molecule has 2 N–H and O–H groups in total. The Morgan fingerprint density at radius 2 is 1.61 bits per heavy atom. The Labute approximate surface area is 197 Å². The van der Waals surface area contributed by atoms with Crippen molar-refractivity contribution in [2.75, 3.05) is 24.4 Å². The molecule has 0 spiro atoms. The fraction of sp³-hybridized carbons (Fsp3) is 0.200. The molecule has 0 aromatic heterocycles. The fourth-order valence-corrected chi connectivity index (χ4v) is 3.10. The van der Waals surface area contributed by atoms with Crippen molar-refractivity contribution in [3.63, 3.8) is 0 Å². The topological polar surface area (TPSA) is 85.9 Å². The first-order valence-corrected chi connectivity index (χ1v) is 10.6. The van der Waals surface area contributed by atoms with E-state index in [1.165, 1.54) is 7.11 Å². The number of rotatable bonds is 9. The second-order valence-corrected chi connectivity index (χ2v) is 7.66. The van der Waals surface area contributed by atoms with Gasteiger partial charge in [0.1, 0.15) is 5.75 Å². The molecular formula is C25H25ClN2O5. The van der Waals surface area contributed by atoms with E-state index in [2.05, 4.69) is 10.6 Å². The molecule has 172 valence electrons. The number of anilines is 2. The summed E-state index contributed by atoms with van der Waals surface area (Å²) in [5.74, 6) is 0.748. The van der Waals surface area contributed by atoms with Gasteiger partial charge in [-0.15, -0.1) is 0 Å². The van der Waals surface area contributed by atoms with Crippen LogP contribution in [-0.4, -0.2) is 31.6 Å². The minimum absolute atomic E-state index is 0.195. The lowest BCUT2D eigenvalue weighted by molar-refractivity contribution is -0.122. The minimum Gasteiger partial charge on any atom is -0.493 e. The van der Waals surface area contributed by atoms with Gasteiger partial charge in [-0.2, -0.15) is 0 Å². The number of halogens is 1. The summed E-state index contributed by atoms with van der Waals surface area (Å²) < 4.78 is 16.4. The zero-order valence-electron chi connectivity index (χ0n) is 18.6. The number of benzene rings is 3. The number of carbonyl (C=O) groups excluding carboxylic acids is 2. The molecule has 0 bridgehead atoms. The van der Waals surface area contributed by atoms with Crippen LogP contribution in [-0.2, 0) is 9.59 Å². The van der Waals surface area contributed by atoms with E-state index in [9.17, 15) is 9.59 Å². The molecule has 0 aliphatic rings. The number of hydrogen-bond donors (Lipinski definition) is 2. The first-order chi connectivity index (χ1) is 15.9. The normalized spacial score (nSPS) is 11.3. The Morgan fingerprint density at radius 1 is 0.909 bits per heavy atom. The van der Waals surface area contributed by atoms with Gasteiger partial charge in [0.15, 0.2) is 24.2 Å². The van der Waals surface area contributed by atoms with Gasteiger partial charge in [0, 0.05) is 11.4 Å². The van der Waals surface area contributed by atoms with Crippen LogP contribution >= 0.6 is 11.6 Å². The van der Waals surface area contributed by atoms with E-state index in [0.717, 1.165) is 5.56 Å². The van der Waals surface area contributed by atoms with Crippen LogP contribution in [0.2, 0.25) is 5.02 Å². The highest BCUT2D eigenvalue weighted by molar-refractivity contribution is 6.32. The Hall–Kier alpha value is -3.71. The first kappa shape index (κ1) is 23.9. The third kappa shape index (κ3) is 6.89. The number of hydrogen-bond acceptors (Lipinski definition) is 5. The number of nitrogens with one attached hydrogen (secondary N) is 2. The van der Waals surface area contributed by atoms with Gasteiger partial charge in [0.25, 0.3) is 11.8 Å². The third-order valence-corrected chi connectivity index (χ3v) is 4.91. The van der Waals surface area contributed by atoms with Crippen LogP contribution in [0.1, 0.15) is 12.5 Å². The van der Waals surface area contributed by atoms with Crippen molar-refractivity contribution < 1.29 is 23.8 Å². The molecule has 1 atom stereocenters. The van der Waals surface area contributed by atoms with E-state index in [0.29, 0.717) is 33.6 Å². The van der Waals surface area contributed by atoms with E-state index < -0.39 is 6.10 Å². The summed E-state index contributed by atoms with van der Waals surface area (Å²) in [6.07, 6.45) is -0.781. The molecule has 3 rings (SSSR count). The van der Waals surface area contributed by atoms with Crippen LogP contribution in [0.4, 0.5) is 11.4 Å². The van der Waals surface area contributed by atoms with Crippen LogP contribution in [0.5, 0.6) is 17.2 Å². The van der Waals surface area contributed by atoms with Crippen molar-refractivity contribution in [3.05, 3.63) is 77.3 Å². The number of methoxy groups -OCH3 is 1. The summed E-state index contributed by atoms with van der Waals surface area (Å²) in [6, 6.07) is 19.2. The van der Waals surface area contributed by atoms with E-state index in [4.69, 9.17) is 25.8 Å². The number of ether oxygens (including phenoxy) is 3. The van der Waals surface area contributed by atoms with Gasteiger partial charge in [-0.25, -0.2) is 0 Å². The average molecular weight is 469 g/mol. The van der Waals surface area contributed by atoms with Crippen molar-refractivity contribution >= 4 is 34.8 Å². The maximum atomic E-state index is 12.6. The summed E-state index contributed by atoms with van der Waals surface area (Å²) in [5, 5.41) is 5.95. The molecule has 0 heterocycles. The van der Waals surface area contributed by atoms with Crippen LogP contribution < -0.4 is 24.8 Å². The molecule has 7 nitrogen and oxygen atoms in total. The monoisotopic (exact) mass is 468 g/mol. The van der Waals surface area contributed by atoms with Crippen molar-refractivity contribution in [1.29, 1.82) is 0 Å². The number of para-hydroxylation sites is 2. The van der Waals surface area contributed by atoms with E-state index in [1.54, 1.807) is 61.5 Å². The highest BCUT2D eigenvalue weighted by Gasteiger charge is 2.17. The zero-order valence-corrected chi connectivity index (χ0v) is 19.3. The zero-order chi connectivity index (χ0) is 23.8. The second kappa shape index (κ2) is 11.2. The summed E-state index contributed by atoms with van der Waals surface area (Å²) in [7, 11) is 1.53. The highest BCUT2D eigenvalue weighted by Crippen LogP contribution is 2.27. The maximum absolute atomic E-state index is 12.6. The Kier molecular flexibility index (Phi) is 8.16. The smallest absolute Gasteiger partial charge is 0.265 e. The number of aryl methyl sites for hydroxylation is 1. The molecule has 1 unspecified atom stereocenters. The minimum atomic E-state index is -0.781. The van der Waals surface area contributed by atoms with Crippen LogP contribution in [0, 0.1) is 6.92 Å². The first-order valence-electron chi connectivity index (χ1n) is 10.2. The fourth-order valence-electron chi connectivity index (χ4n) is 2.94. The Morgan fingerprint density at radius 3 is 2.33 bits per heavy atom. The van der Waals surface area contributed by atoms with E-state index in [-0.39, 0.29) is 18.4 Å². The predicted octanol–water partition coefficient (Wildman–Crippen LogP) is 5.08. The summed E-state index contributed by atoms with van der Waals surface area (Å²) in [4.78, 5) is 24.9. The summed E-state index contributed by atoms with van der Waals surface area (Å²) in [6.45, 7) is 3.35. The van der Waals surface area contributed by atoms with Gasteiger partial charge < -0.3 is 24.8 Å². The van der Waals surface area contributed by atoms with Gasteiger partial charge in [-0.1, -0.05) is 35.9 Å². The molecule has 0 fully saturated rings. The highest BCUT2D eigenvalue weighted by atomic mass is 35.5. The molecule has 0 aliphatic heterocycles. The van der Waals surface area contributed by atoms with Crippen molar-refractivity contribution in [3.8, 4) is 17.2 Å². The lowest BCUT2D eigenvalue weighted by Gasteiger charge is -2.16. The number of amides is 2. The van der Waals surface area contributed by atoms with Gasteiger partial charge in [-0.05, 0) is 61.9 Å². The van der Waals surface area contributed by atoms with Crippen molar-refractivity contribution in [2.24, 2.45) is 0 Å². The third-order valence-electron chi connectivity index (χ3n) is 4.60. The second-order valence-electron chi connectivity index (χ2n) is 7.25. The molecule has 33 heavy (non-hydrogen) atoms. The molecule has 8 heteroatoms. The molecule has 0 aliphatic carbocycles. The predicted molar refractivity (Wildman–Crippen MR) is 128 cm³/mol. The quantitative estimate of drug-likeness (QED) is 0.457. The number of carbonyl (C=O) groups is 2. The van der Waals surface area contributed by atoms with Gasteiger partial charge in [0.05, 0.1) is 12.1 Å². The molecule has 0 saturated carbocycles. The van der Waals surface area contributed by atoms with Gasteiger partial charge in [-0.3, -0.25) is 9.59 Å². The van der Waals surface area contributed by atoms with Gasteiger partial charge in [0.2, 0.25) is 0 Å². The van der Waals surface area contributed by atoms with Crippen molar-refractivity contribution in [2.45, 2.75) is 20.0 Å². The lowest BCUT2D eigenvalue weighted by Crippen LogP contribution is -2.30.